The Morgan fingerprint density at radius 3 is 1.86 bits per heavy atom. The van der Waals surface area contributed by atoms with Crippen molar-refractivity contribution in [3.63, 3.8) is 0 Å². The van der Waals surface area contributed by atoms with E-state index in [9.17, 15) is 0 Å². The summed E-state index contributed by atoms with van der Waals surface area (Å²) in [4.78, 5) is 10.6. The van der Waals surface area contributed by atoms with Gasteiger partial charge in [0.05, 0.1) is 12.2 Å². The Morgan fingerprint density at radius 2 is 1.50 bits per heavy atom. The van der Waals surface area contributed by atoms with Gasteiger partial charge in [-0.15, -0.1) is 0 Å². The fourth-order valence-electron chi connectivity index (χ4n) is 1.64. The first-order chi connectivity index (χ1) is 6.12. The van der Waals surface area contributed by atoms with Crippen molar-refractivity contribution in [2.75, 3.05) is 6.61 Å². The second-order valence-corrected chi connectivity index (χ2v) is 6.26. The van der Waals surface area contributed by atoms with E-state index in [1.54, 1.807) is 0 Å². The number of rotatable bonds is 5. The molecule has 0 aliphatic rings. The predicted octanol–water partition coefficient (Wildman–Crippen LogP) is 3.81. The third-order valence-corrected chi connectivity index (χ3v) is 1.64. The van der Waals surface area contributed by atoms with E-state index < -0.39 is 0 Å². The van der Waals surface area contributed by atoms with E-state index >= 15 is 0 Å². The standard InChI is InChI=1S/C12H26O2/c1-10(2)8-13-14-12(6,7)9-11(3,4)5/h10H,8-9H2,1-7H3. The van der Waals surface area contributed by atoms with E-state index in [-0.39, 0.29) is 11.0 Å². The van der Waals surface area contributed by atoms with Gasteiger partial charge in [0.1, 0.15) is 0 Å². The molecule has 0 spiro atoms. The van der Waals surface area contributed by atoms with Gasteiger partial charge in [-0.3, -0.25) is 0 Å². The Labute approximate surface area is 88.9 Å². The van der Waals surface area contributed by atoms with E-state index in [4.69, 9.17) is 9.78 Å². The second-order valence-electron chi connectivity index (χ2n) is 6.26. The lowest BCUT2D eigenvalue weighted by Crippen LogP contribution is -2.30. The van der Waals surface area contributed by atoms with E-state index in [0.29, 0.717) is 12.5 Å². The van der Waals surface area contributed by atoms with Gasteiger partial charge in [0.15, 0.2) is 0 Å². The van der Waals surface area contributed by atoms with Crippen molar-refractivity contribution >= 4 is 0 Å². The molecule has 0 radical (unpaired) electrons. The molecule has 86 valence electrons. The van der Waals surface area contributed by atoms with Gasteiger partial charge in [0, 0.05) is 0 Å². The van der Waals surface area contributed by atoms with Gasteiger partial charge in [-0.1, -0.05) is 34.6 Å². The number of hydrogen-bond acceptors (Lipinski definition) is 2. The zero-order valence-corrected chi connectivity index (χ0v) is 10.8. The van der Waals surface area contributed by atoms with Crippen molar-refractivity contribution in [2.24, 2.45) is 11.3 Å². The minimum Gasteiger partial charge on any atom is -0.236 e. The molecular weight excluding hydrogens is 176 g/mol. The van der Waals surface area contributed by atoms with E-state index in [1.807, 2.05) is 0 Å². The highest BCUT2D eigenvalue weighted by molar-refractivity contribution is 4.75. The molecule has 14 heavy (non-hydrogen) atoms. The van der Waals surface area contributed by atoms with Gasteiger partial charge in [-0.05, 0) is 31.6 Å². The summed E-state index contributed by atoms with van der Waals surface area (Å²) in [5.41, 5.74) is 0.0673. The summed E-state index contributed by atoms with van der Waals surface area (Å²) in [5, 5.41) is 0. The quantitative estimate of drug-likeness (QED) is 0.498. The minimum atomic E-state index is -0.201. The van der Waals surface area contributed by atoms with Gasteiger partial charge in [-0.2, -0.15) is 0 Å². The second kappa shape index (κ2) is 5.13. The molecule has 0 bridgehead atoms. The molecule has 0 N–H and O–H groups in total. The molecule has 0 aliphatic carbocycles. The van der Waals surface area contributed by atoms with Crippen molar-refractivity contribution in [2.45, 2.75) is 60.5 Å². The van der Waals surface area contributed by atoms with Crippen LogP contribution in [-0.2, 0) is 9.78 Å². The first-order valence-electron chi connectivity index (χ1n) is 5.43. The highest BCUT2D eigenvalue weighted by Gasteiger charge is 2.27. The van der Waals surface area contributed by atoms with Crippen LogP contribution >= 0.6 is 0 Å². The lowest BCUT2D eigenvalue weighted by molar-refractivity contribution is -0.361. The monoisotopic (exact) mass is 202 g/mol. The molecule has 2 nitrogen and oxygen atoms in total. The van der Waals surface area contributed by atoms with Gasteiger partial charge in [0.25, 0.3) is 0 Å². The van der Waals surface area contributed by atoms with Crippen LogP contribution in [0.1, 0.15) is 54.9 Å². The summed E-state index contributed by atoms with van der Waals surface area (Å²) in [5.74, 6) is 0.514. The molecule has 0 unspecified atom stereocenters. The van der Waals surface area contributed by atoms with Crippen LogP contribution < -0.4 is 0 Å². The highest BCUT2D eigenvalue weighted by atomic mass is 17.2. The summed E-state index contributed by atoms with van der Waals surface area (Å²) in [7, 11) is 0. The molecule has 0 saturated carbocycles. The fourth-order valence-corrected chi connectivity index (χ4v) is 1.64. The van der Waals surface area contributed by atoms with Crippen molar-refractivity contribution < 1.29 is 9.78 Å². The molecule has 0 fully saturated rings. The lowest BCUT2D eigenvalue weighted by atomic mass is 9.84. The summed E-state index contributed by atoms with van der Waals surface area (Å²) < 4.78 is 0. The zero-order chi connectivity index (χ0) is 11.4. The van der Waals surface area contributed by atoms with Crippen molar-refractivity contribution in [1.29, 1.82) is 0 Å². The fraction of sp³-hybridized carbons (Fsp3) is 1.00. The first kappa shape index (κ1) is 13.9. The summed E-state index contributed by atoms with van der Waals surface area (Å²) in [6.45, 7) is 15.6. The molecule has 2 heteroatoms. The Balaban J connectivity index is 3.84. The summed E-state index contributed by atoms with van der Waals surface area (Å²) in [6.07, 6.45) is 0.984. The maximum absolute atomic E-state index is 5.42. The minimum absolute atomic E-state index is 0.201. The van der Waals surface area contributed by atoms with E-state index in [2.05, 4.69) is 48.5 Å². The molecule has 0 rings (SSSR count). The van der Waals surface area contributed by atoms with Crippen molar-refractivity contribution in [3.05, 3.63) is 0 Å². The molecule has 0 aromatic rings. The van der Waals surface area contributed by atoms with Gasteiger partial charge >= 0.3 is 0 Å². The molecule has 0 aromatic heterocycles. The molecule has 0 amide bonds. The Morgan fingerprint density at radius 1 is 1.00 bits per heavy atom. The van der Waals surface area contributed by atoms with Crippen LogP contribution in [0.5, 0.6) is 0 Å². The molecular formula is C12H26O2. The lowest BCUT2D eigenvalue weighted by Gasteiger charge is -2.31. The third-order valence-electron chi connectivity index (χ3n) is 1.64. The van der Waals surface area contributed by atoms with Crippen LogP contribution in [0.3, 0.4) is 0 Å². The highest BCUT2D eigenvalue weighted by Crippen LogP contribution is 2.29. The van der Waals surface area contributed by atoms with Crippen LogP contribution in [0.2, 0.25) is 0 Å². The number of hydrogen-bond donors (Lipinski definition) is 0. The Kier molecular flexibility index (Phi) is 5.10. The van der Waals surface area contributed by atoms with Crippen LogP contribution in [0.4, 0.5) is 0 Å². The largest absolute Gasteiger partial charge is 0.236 e. The predicted molar refractivity (Wildman–Crippen MR) is 60.0 cm³/mol. The topological polar surface area (TPSA) is 18.5 Å². The smallest absolute Gasteiger partial charge is 0.0985 e. The molecule has 0 heterocycles. The molecule has 0 aromatic carbocycles. The van der Waals surface area contributed by atoms with Crippen molar-refractivity contribution in [3.8, 4) is 0 Å². The maximum atomic E-state index is 5.42. The molecule has 0 aliphatic heterocycles. The molecule has 0 saturated heterocycles. The van der Waals surface area contributed by atoms with Crippen LogP contribution in [0.15, 0.2) is 0 Å². The summed E-state index contributed by atoms with van der Waals surface area (Å²) >= 11 is 0. The van der Waals surface area contributed by atoms with Crippen molar-refractivity contribution in [1.82, 2.24) is 0 Å². The zero-order valence-electron chi connectivity index (χ0n) is 10.8. The van der Waals surface area contributed by atoms with Crippen LogP contribution in [0.25, 0.3) is 0 Å². The van der Waals surface area contributed by atoms with Gasteiger partial charge in [0.2, 0.25) is 0 Å². The Hall–Kier alpha value is -0.0800. The van der Waals surface area contributed by atoms with Gasteiger partial charge < -0.3 is 0 Å². The summed E-state index contributed by atoms with van der Waals surface area (Å²) in [6, 6.07) is 0. The SMILES string of the molecule is CC(C)COOC(C)(C)CC(C)(C)C. The van der Waals surface area contributed by atoms with E-state index in [1.165, 1.54) is 0 Å². The Bertz CT molecular complexity index is 154. The average molecular weight is 202 g/mol. The average Bonchev–Trinajstić information content (AvgIpc) is 1.78. The van der Waals surface area contributed by atoms with Gasteiger partial charge in [-0.25, -0.2) is 9.78 Å². The maximum Gasteiger partial charge on any atom is 0.0985 e. The van der Waals surface area contributed by atoms with Crippen LogP contribution in [-0.4, -0.2) is 12.2 Å². The first-order valence-corrected chi connectivity index (χ1v) is 5.43. The molecule has 0 atom stereocenters. The third kappa shape index (κ3) is 8.52. The van der Waals surface area contributed by atoms with E-state index in [0.717, 1.165) is 6.42 Å². The van der Waals surface area contributed by atoms with Crippen LogP contribution in [0, 0.1) is 11.3 Å². The normalized spacial score (nSPS) is 13.7.